The number of rotatable bonds is 6. The third kappa shape index (κ3) is 4.79. The van der Waals surface area contributed by atoms with Crippen molar-refractivity contribution in [3.8, 4) is 11.1 Å². The number of amides is 1. The van der Waals surface area contributed by atoms with E-state index in [-0.39, 0.29) is 12.0 Å². The fraction of sp³-hybridized carbons (Fsp3) is 0.211. The van der Waals surface area contributed by atoms with Crippen LogP contribution in [0.5, 0.6) is 0 Å². The highest BCUT2D eigenvalue weighted by Gasteiger charge is 2.09. The molecule has 0 saturated carbocycles. The molecule has 140 valence electrons. The molecule has 1 aromatic carbocycles. The van der Waals surface area contributed by atoms with Gasteiger partial charge in [-0.15, -0.1) is 0 Å². The van der Waals surface area contributed by atoms with Crippen molar-refractivity contribution in [2.75, 3.05) is 6.26 Å². The van der Waals surface area contributed by atoms with E-state index in [2.05, 4.69) is 4.98 Å². The molecule has 0 unspecified atom stereocenters. The minimum atomic E-state index is -3.55. The molecule has 2 aromatic heterocycles. The largest absolute Gasteiger partial charge is 0.315 e. The Labute approximate surface area is 156 Å². The lowest BCUT2D eigenvalue weighted by Gasteiger charge is -2.09. The van der Waals surface area contributed by atoms with Gasteiger partial charge in [-0.2, -0.15) is 0 Å². The van der Waals surface area contributed by atoms with Crippen molar-refractivity contribution in [2.45, 2.75) is 19.4 Å². The second kappa shape index (κ2) is 7.71. The molecule has 0 aliphatic heterocycles. The van der Waals surface area contributed by atoms with Gasteiger partial charge >= 0.3 is 0 Å². The van der Waals surface area contributed by atoms with E-state index in [9.17, 15) is 18.0 Å². The topological polar surface area (TPSA) is 98.1 Å². The summed E-state index contributed by atoms with van der Waals surface area (Å²) in [7, 11) is -3.55. The van der Waals surface area contributed by atoms with E-state index < -0.39 is 15.9 Å². The number of benzene rings is 1. The first kappa shape index (κ1) is 18.8. The molecule has 0 saturated heterocycles. The molecule has 27 heavy (non-hydrogen) atoms. The van der Waals surface area contributed by atoms with E-state index in [1.165, 1.54) is 4.57 Å². The highest BCUT2D eigenvalue weighted by Crippen LogP contribution is 2.25. The van der Waals surface area contributed by atoms with Gasteiger partial charge in [-0.05, 0) is 24.1 Å². The van der Waals surface area contributed by atoms with Crippen LogP contribution in [0.3, 0.4) is 0 Å². The van der Waals surface area contributed by atoms with Crippen LogP contribution in [-0.2, 0) is 21.4 Å². The highest BCUT2D eigenvalue weighted by atomic mass is 32.2. The molecule has 3 aromatic rings. The van der Waals surface area contributed by atoms with Gasteiger partial charge in [0.05, 0.1) is 11.8 Å². The Morgan fingerprint density at radius 3 is 2.70 bits per heavy atom. The maximum absolute atomic E-state index is 12.4. The Morgan fingerprint density at radius 2 is 1.96 bits per heavy atom. The van der Waals surface area contributed by atoms with E-state index in [1.54, 1.807) is 18.5 Å². The molecule has 0 atom stereocenters. The first-order valence-electron chi connectivity index (χ1n) is 8.39. The van der Waals surface area contributed by atoms with Crippen molar-refractivity contribution in [3.05, 3.63) is 65.2 Å². The number of pyridine rings is 2. The molecule has 3 rings (SSSR count). The standard InChI is InChI=1S/C19H19N3O4S/c1-27(25,26)21-17(23)8-4-11-22-12-9-15(13-18(22)24)16-7-2-5-14-6-3-10-20-19(14)16/h2-3,5-7,9-10,12-13H,4,8,11H2,1H3,(H,21,23). The number of carbonyl (C=O) groups excluding carboxylic acids is 1. The molecule has 0 fully saturated rings. The molecule has 0 aliphatic carbocycles. The number of aryl methyl sites for hydroxylation is 1. The fourth-order valence-corrected chi connectivity index (χ4v) is 3.38. The van der Waals surface area contributed by atoms with E-state index in [0.717, 1.165) is 28.3 Å². The molecule has 1 N–H and O–H groups in total. The average Bonchev–Trinajstić information content (AvgIpc) is 2.61. The highest BCUT2D eigenvalue weighted by molar-refractivity contribution is 7.89. The number of sulfonamides is 1. The molecule has 0 bridgehead atoms. The van der Waals surface area contributed by atoms with Crippen LogP contribution in [0.2, 0.25) is 0 Å². The number of nitrogens with one attached hydrogen (secondary N) is 1. The first-order chi connectivity index (χ1) is 12.8. The predicted molar refractivity (Wildman–Crippen MR) is 104 cm³/mol. The van der Waals surface area contributed by atoms with Crippen molar-refractivity contribution < 1.29 is 13.2 Å². The Bertz CT molecular complexity index is 1150. The van der Waals surface area contributed by atoms with E-state index >= 15 is 0 Å². The Kier molecular flexibility index (Phi) is 5.36. The van der Waals surface area contributed by atoms with Crippen molar-refractivity contribution in [3.63, 3.8) is 0 Å². The minimum absolute atomic E-state index is 0.0223. The minimum Gasteiger partial charge on any atom is -0.315 e. The van der Waals surface area contributed by atoms with Crippen molar-refractivity contribution in [1.82, 2.24) is 14.3 Å². The van der Waals surface area contributed by atoms with Gasteiger partial charge in [0, 0.05) is 42.4 Å². The number of hydrogen-bond acceptors (Lipinski definition) is 5. The smallest absolute Gasteiger partial charge is 0.251 e. The molecule has 7 nitrogen and oxygen atoms in total. The first-order valence-corrected chi connectivity index (χ1v) is 10.3. The number of aromatic nitrogens is 2. The molecular formula is C19H19N3O4S. The molecule has 0 spiro atoms. The average molecular weight is 385 g/mol. The molecule has 0 aliphatic rings. The Balaban J connectivity index is 1.74. The monoisotopic (exact) mass is 385 g/mol. The van der Waals surface area contributed by atoms with Crippen LogP contribution in [0, 0.1) is 0 Å². The van der Waals surface area contributed by atoms with Crippen LogP contribution in [0.1, 0.15) is 12.8 Å². The second-order valence-electron chi connectivity index (χ2n) is 6.23. The normalized spacial score (nSPS) is 11.4. The molecule has 1 amide bonds. The van der Waals surface area contributed by atoms with Gasteiger partial charge in [0.25, 0.3) is 5.56 Å². The van der Waals surface area contributed by atoms with E-state index in [0.29, 0.717) is 13.0 Å². The molecule has 0 radical (unpaired) electrons. The third-order valence-electron chi connectivity index (χ3n) is 4.04. The number of nitrogens with zero attached hydrogens (tertiary/aromatic N) is 2. The van der Waals surface area contributed by atoms with Crippen molar-refractivity contribution in [2.24, 2.45) is 0 Å². The Morgan fingerprint density at radius 1 is 1.19 bits per heavy atom. The van der Waals surface area contributed by atoms with E-state index in [4.69, 9.17) is 0 Å². The summed E-state index contributed by atoms with van der Waals surface area (Å²) in [4.78, 5) is 28.3. The van der Waals surface area contributed by atoms with Crippen molar-refractivity contribution in [1.29, 1.82) is 0 Å². The summed E-state index contributed by atoms with van der Waals surface area (Å²) >= 11 is 0. The van der Waals surface area contributed by atoms with Crippen LogP contribution in [0.25, 0.3) is 22.0 Å². The molecule has 2 heterocycles. The van der Waals surface area contributed by atoms with Gasteiger partial charge in [0.2, 0.25) is 15.9 Å². The molecular weight excluding hydrogens is 366 g/mol. The van der Waals surface area contributed by atoms with Crippen LogP contribution in [0.4, 0.5) is 0 Å². The SMILES string of the molecule is CS(=O)(=O)NC(=O)CCCn1ccc(-c2cccc3cccnc23)cc1=O. The van der Waals surface area contributed by atoms with Gasteiger partial charge in [-0.1, -0.05) is 24.3 Å². The lowest BCUT2D eigenvalue weighted by molar-refractivity contribution is -0.119. The summed E-state index contributed by atoms with van der Waals surface area (Å²) in [5.74, 6) is -0.580. The van der Waals surface area contributed by atoms with Crippen LogP contribution < -0.4 is 10.3 Å². The maximum Gasteiger partial charge on any atom is 0.251 e. The summed E-state index contributed by atoms with van der Waals surface area (Å²) in [6.45, 7) is 0.323. The van der Waals surface area contributed by atoms with Gasteiger partial charge in [-0.3, -0.25) is 19.3 Å². The number of hydrogen-bond donors (Lipinski definition) is 1. The maximum atomic E-state index is 12.4. The Hall–Kier alpha value is -3.00. The summed E-state index contributed by atoms with van der Waals surface area (Å²) in [5.41, 5.74) is 2.29. The van der Waals surface area contributed by atoms with Gasteiger partial charge in [-0.25, -0.2) is 8.42 Å². The second-order valence-corrected chi connectivity index (χ2v) is 7.98. The zero-order valence-corrected chi connectivity index (χ0v) is 15.6. The quantitative estimate of drug-likeness (QED) is 0.699. The lowest BCUT2D eigenvalue weighted by Crippen LogP contribution is -2.29. The fourth-order valence-electron chi connectivity index (χ4n) is 2.86. The van der Waals surface area contributed by atoms with Gasteiger partial charge < -0.3 is 4.57 Å². The zero-order valence-electron chi connectivity index (χ0n) is 14.8. The number of carbonyl (C=O) groups is 1. The number of fused-ring (bicyclic) bond motifs is 1. The van der Waals surface area contributed by atoms with Gasteiger partial charge in [0.1, 0.15) is 0 Å². The third-order valence-corrected chi connectivity index (χ3v) is 4.64. The van der Waals surface area contributed by atoms with Gasteiger partial charge in [0.15, 0.2) is 0 Å². The number of para-hydroxylation sites is 1. The van der Waals surface area contributed by atoms with Crippen molar-refractivity contribution >= 4 is 26.8 Å². The summed E-state index contributed by atoms with van der Waals surface area (Å²) in [5, 5.41) is 0.996. The molecule has 8 heteroatoms. The van der Waals surface area contributed by atoms with Crippen LogP contribution in [0.15, 0.2) is 59.7 Å². The predicted octanol–water partition coefficient (Wildman–Crippen LogP) is 1.92. The lowest BCUT2D eigenvalue weighted by atomic mass is 10.0. The van der Waals surface area contributed by atoms with E-state index in [1.807, 2.05) is 41.1 Å². The summed E-state index contributed by atoms with van der Waals surface area (Å²) < 4.78 is 25.4. The zero-order chi connectivity index (χ0) is 19.4. The van der Waals surface area contributed by atoms with Crippen LogP contribution in [-0.4, -0.2) is 30.1 Å². The van der Waals surface area contributed by atoms with Crippen LogP contribution >= 0.6 is 0 Å². The summed E-state index contributed by atoms with van der Waals surface area (Å²) in [6, 6.07) is 13.0. The summed E-state index contributed by atoms with van der Waals surface area (Å²) in [6.07, 6.45) is 4.70.